The third-order valence-electron chi connectivity index (χ3n) is 3.18. The summed E-state index contributed by atoms with van der Waals surface area (Å²) in [5.41, 5.74) is 5.35. The Balaban J connectivity index is 2.78. The minimum absolute atomic E-state index is 0.116. The molecule has 0 bridgehead atoms. The van der Waals surface area contributed by atoms with E-state index in [0.717, 1.165) is 25.7 Å². The van der Waals surface area contributed by atoms with Crippen LogP contribution < -0.4 is 11.1 Å². The highest BCUT2D eigenvalue weighted by Gasteiger charge is 2.35. The van der Waals surface area contributed by atoms with Crippen LogP contribution in [0.15, 0.2) is 0 Å². The number of hydrogen-bond donors (Lipinski definition) is 2. The lowest BCUT2D eigenvalue weighted by Crippen LogP contribution is -2.58. The van der Waals surface area contributed by atoms with Crippen LogP contribution in [0.25, 0.3) is 0 Å². The molecule has 1 saturated carbocycles. The minimum atomic E-state index is -0.465. The molecular weight excluding hydrogens is 222 g/mol. The molecule has 0 radical (unpaired) electrons. The van der Waals surface area contributed by atoms with E-state index >= 15 is 0 Å². The van der Waals surface area contributed by atoms with E-state index in [1.165, 1.54) is 17.7 Å². The lowest BCUT2D eigenvalue weighted by atomic mass is 9.90. The zero-order valence-corrected chi connectivity index (χ0v) is 10.9. The van der Waals surface area contributed by atoms with Gasteiger partial charge in [-0.2, -0.15) is 0 Å². The molecule has 1 rings (SSSR count). The monoisotopic (exact) mass is 243 g/mol. The quantitative estimate of drug-likeness (QED) is 0.572. The molecule has 16 heavy (non-hydrogen) atoms. The Morgan fingerprint density at radius 1 is 1.25 bits per heavy atom. The summed E-state index contributed by atoms with van der Waals surface area (Å²) in [5.74, 6) is 0. The van der Waals surface area contributed by atoms with Gasteiger partial charge in [0.2, 0.25) is 0 Å². The van der Waals surface area contributed by atoms with E-state index in [1.807, 2.05) is 0 Å². The lowest BCUT2D eigenvalue weighted by Gasteiger charge is -2.33. The second-order valence-corrected chi connectivity index (χ2v) is 5.12. The zero-order valence-electron chi connectivity index (χ0n) is 10.1. The average molecular weight is 243 g/mol. The Kier molecular flexibility index (Phi) is 4.53. The molecule has 1 fully saturated rings. The molecule has 0 unspecified atom stereocenters. The van der Waals surface area contributed by atoms with Crippen LogP contribution in [0.3, 0.4) is 0 Å². The predicted octanol–water partition coefficient (Wildman–Crippen LogP) is 1.64. The first-order valence-electron chi connectivity index (χ1n) is 5.77. The molecule has 0 heterocycles. The van der Waals surface area contributed by atoms with E-state index in [-0.39, 0.29) is 6.03 Å². The SMILES string of the molecule is CN(C)C(=O)NC1(C(N)=S)CCCCCC1. The maximum Gasteiger partial charge on any atom is 0.317 e. The molecule has 4 nitrogen and oxygen atoms in total. The number of rotatable bonds is 2. The van der Waals surface area contributed by atoms with Crippen LogP contribution in [0.1, 0.15) is 38.5 Å². The first kappa shape index (κ1) is 13.2. The maximum atomic E-state index is 11.7. The first-order valence-corrected chi connectivity index (χ1v) is 6.18. The number of nitrogens with one attached hydrogen (secondary N) is 1. The van der Waals surface area contributed by atoms with Crippen molar-refractivity contribution in [1.29, 1.82) is 0 Å². The molecule has 0 saturated heterocycles. The summed E-state index contributed by atoms with van der Waals surface area (Å²) in [6.07, 6.45) is 6.27. The number of nitrogens with two attached hydrogens (primary N) is 1. The van der Waals surface area contributed by atoms with E-state index in [1.54, 1.807) is 14.1 Å². The smallest absolute Gasteiger partial charge is 0.317 e. The number of carbonyl (C=O) groups excluding carboxylic acids is 1. The van der Waals surface area contributed by atoms with Crippen LogP contribution in [-0.2, 0) is 0 Å². The van der Waals surface area contributed by atoms with E-state index in [2.05, 4.69) is 5.32 Å². The second kappa shape index (κ2) is 5.48. The van der Waals surface area contributed by atoms with Gasteiger partial charge in [0, 0.05) is 14.1 Å². The molecule has 0 aromatic carbocycles. The number of nitrogens with zero attached hydrogens (tertiary/aromatic N) is 1. The van der Waals surface area contributed by atoms with Gasteiger partial charge in [-0.05, 0) is 12.8 Å². The molecule has 2 amide bonds. The summed E-state index contributed by atoms with van der Waals surface area (Å²) < 4.78 is 0. The number of urea groups is 1. The zero-order chi connectivity index (χ0) is 12.2. The largest absolute Gasteiger partial charge is 0.391 e. The summed E-state index contributed by atoms with van der Waals surface area (Å²) in [6.45, 7) is 0. The van der Waals surface area contributed by atoms with Crippen LogP contribution in [0, 0.1) is 0 Å². The molecule has 0 aromatic heterocycles. The van der Waals surface area contributed by atoms with Crippen LogP contribution >= 0.6 is 12.2 Å². The predicted molar refractivity (Wildman–Crippen MR) is 69.4 cm³/mol. The summed E-state index contributed by atoms with van der Waals surface area (Å²) >= 11 is 5.14. The Morgan fingerprint density at radius 3 is 2.12 bits per heavy atom. The van der Waals surface area contributed by atoms with Crippen molar-refractivity contribution >= 4 is 23.2 Å². The second-order valence-electron chi connectivity index (χ2n) is 4.69. The fourth-order valence-corrected chi connectivity index (χ4v) is 2.34. The normalized spacial score (nSPS) is 19.6. The molecule has 3 N–H and O–H groups in total. The molecule has 5 heteroatoms. The third-order valence-corrected chi connectivity index (χ3v) is 3.57. The van der Waals surface area contributed by atoms with Gasteiger partial charge in [-0.1, -0.05) is 37.9 Å². The van der Waals surface area contributed by atoms with Crippen LogP contribution in [0.2, 0.25) is 0 Å². The van der Waals surface area contributed by atoms with Gasteiger partial charge in [0.1, 0.15) is 0 Å². The van der Waals surface area contributed by atoms with Crippen molar-refractivity contribution in [2.24, 2.45) is 5.73 Å². The van der Waals surface area contributed by atoms with Gasteiger partial charge < -0.3 is 16.0 Å². The Hall–Kier alpha value is -0.840. The number of thiocarbonyl (C=S) groups is 1. The van der Waals surface area contributed by atoms with Crippen molar-refractivity contribution in [2.75, 3.05) is 14.1 Å². The molecule has 92 valence electrons. The van der Waals surface area contributed by atoms with Crippen LogP contribution in [-0.4, -0.2) is 35.6 Å². The number of amides is 2. The van der Waals surface area contributed by atoms with Crippen molar-refractivity contribution in [2.45, 2.75) is 44.1 Å². The molecule has 1 aliphatic rings. The summed E-state index contributed by atoms with van der Waals surface area (Å²) in [7, 11) is 3.44. The van der Waals surface area contributed by atoms with Gasteiger partial charge in [0.25, 0.3) is 0 Å². The Morgan fingerprint density at radius 2 is 1.75 bits per heavy atom. The molecular formula is C11H21N3OS. The molecule has 0 aromatic rings. The van der Waals surface area contributed by atoms with E-state index in [9.17, 15) is 4.79 Å². The highest BCUT2D eigenvalue weighted by molar-refractivity contribution is 7.80. The number of carbonyl (C=O) groups is 1. The maximum absolute atomic E-state index is 11.7. The fourth-order valence-electron chi connectivity index (χ4n) is 2.08. The fraction of sp³-hybridized carbons (Fsp3) is 0.818. The standard InChI is InChI=1S/C11H21N3OS/c1-14(2)10(15)13-11(9(12)16)7-5-3-4-6-8-11/h3-8H2,1-2H3,(H2,12,16)(H,13,15). The first-order chi connectivity index (χ1) is 7.48. The van der Waals surface area contributed by atoms with Crippen molar-refractivity contribution < 1.29 is 4.79 Å². The van der Waals surface area contributed by atoms with Gasteiger partial charge >= 0.3 is 6.03 Å². The van der Waals surface area contributed by atoms with Crippen molar-refractivity contribution in [1.82, 2.24) is 10.2 Å². The Bertz CT molecular complexity index is 268. The summed E-state index contributed by atoms with van der Waals surface area (Å²) in [6, 6.07) is -0.116. The highest BCUT2D eigenvalue weighted by atomic mass is 32.1. The third kappa shape index (κ3) is 3.07. The van der Waals surface area contributed by atoms with Crippen LogP contribution in [0.4, 0.5) is 4.79 Å². The summed E-state index contributed by atoms with van der Waals surface area (Å²) in [5, 5.41) is 2.99. The van der Waals surface area contributed by atoms with E-state index < -0.39 is 5.54 Å². The molecule has 1 aliphatic carbocycles. The minimum Gasteiger partial charge on any atom is -0.391 e. The van der Waals surface area contributed by atoms with Gasteiger partial charge in [-0.15, -0.1) is 0 Å². The topological polar surface area (TPSA) is 58.4 Å². The van der Waals surface area contributed by atoms with Gasteiger partial charge in [0.15, 0.2) is 0 Å². The average Bonchev–Trinajstić information content (AvgIpc) is 2.44. The lowest BCUT2D eigenvalue weighted by molar-refractivity contribution is 0.206. The summed E-state index contributed by atoms with van der Waals surface area (Å²) in [4.78, 5) is 13.7. The van der Waals surface area contributed by atoms with E-state index in [4.69, 9.17) is 18.0 Å². The molecule has 0 aliphatic heterocycles. The Labute approximate surface area is 103 Å². The number of hydrogen-bond acceptors (Lipinski definition) is 2. The van der Waals surface area contributed by atoms with Gasteiger partial charge in [-0.25, -0.2) is 4.79 Å². The van der Waals surface area contributed by atoms with Gasteiger partial charge in [0.05, 0.1) is 10.5 Å². The van der Waals surface area contributed by atoms with E-state index in [0.29, 0.717) is 4.99 Å². The highest BCUT2D eigenvalue weighted by Crippen LogP contribution is 2.27. The van der Waals surface area contributed by atoms with Crippen molar-refractivity contribution in [3.63, 3.8) is 0 Å². The van der Waals surface area contributed by atoms with Crippen molar-refractivity contribution in [3.05, 3.63) is 0 Å². The van der Waals surface area contributed by atoms with Crippen LogP contribution in [0.5, 0.6) is 0 Å². The van der Waals surface area contributed by atoms with Gasteiger partial charge in [-0.3, -0.25) is 0 Å². The molecule has 0 atom stereocenters. The molecule has 0 spiro atoms. The van der Waals surface area contributed by atoms with Crippen molar-refractivity contribution in [3.8, 4) is 0 Å².